The lowest BCUT2D eigenvalue weighted by atomic mass is 10.1. The molecule has 0 aliphatic heterocycles. The number of carboxylic acids is 1. The summed E-state index contributed by atoms with van der Waals surface area (Å²) in [5.41, 5.74) is 1.83. The van der Waals surface area contributed by atoms with Crippen molar-refractivity contribution in [2.75, 3.05) is 5.32 Å². The number of aromatic nitrogens is 1. The third kappa shape index (κ3) is 2.71. The highest BCUT2D eigenvalue weighted by atomic mass is 35.5. The van der Waals surface area contributed by atoms with Gasteiger partial charge < -0.3 is 10.4 Å². The Morgan fingerprint density at radius 1 is 1.45 bits per heavy atom. The second kappa shape index (κ2) is 5.59. The number of benzene rings is 1. The van der Waals surface area contributed by atoms with Crippen LogP contribution in [0.4, 0.5) is 11.5 Å². The van der Waals surface area contributed by atoms with Crippen LogP contribution < -0.4 is 5.32 Å². The Balaban J connectivity index is 2.34. The molecule has 0 saturated carbocycles. The van der Waals surface area contributed by atoms with Crippen LogP contribution in [0.5, 0.6) is 0 Å². The van der Waals surface area contributed by atoms with Crippen molar-refractivity contribution < 1.29 is 9.90 Å². The zero-order valence-electron chi connectivity index (χ0n) is 10.5. The van der Waals surface area contributed by atoms with Crippen molar-refractivity contribution in [1.29, 1.82) is 5.26 Å². The summed E-state index contributed by atoms with van der Waals surface area (Å²) < 4.78 is 0. The number of hydrogen-bond donors (Lipinski definition) is 2. The molecule has 0 aliphatic rings. The van der Waals surface area contributed by atoms with E-state index in [1.807, 2.05) is 6.07 Å². The summed E-state index contributed by atoms with van der Waals surface area (Å²) in [5.74, 6) is -0.620. The average Bonchev–Trinajstić information content (AvgIpc) is 2.41. The van der Waals surface area contributed by atoms with Crippen LogP contribution in [0, 0.1) is 18.3 Å². The fourth-order valence-electron chi connectivity index (χ4n) is 1.74. The quantitative estimate of drug-likeness (QED) is 0.904. The van der Waals surface area contributed by atoms with E-state index >= 15 is 0 Å². The molecule has 2 aromatic rings. The Labute approximate surface area is 120 Å². The first-order valence-corrected chi connectivity index (χ1v) is 6.06. The molecule has 1 aromatic heterocycles. The third-order valence-corrected chi connectivity index (χ3v) is 3.11. The average molecular weight is 288 g/mol. The number of nitrogens with one attached hydrogen (secondary N) is 1. The van der Waals surface area contributed by atoms with Crippen LogP contribution in [-0.2, 0) is 0 Å². The largest absolute Gasteiger partial charge is 0.478 e. The first-order valence-electron chi connectivity index (χ1n) is 5.68. The summed E-state index contributed by atoms with van der Waals surface area (Å²) in [6.45, 7) is 1.70. The molecule has 0 spiro atoms. The standard InChI is InChI=1S/C14H10ClN3O2/c1-8-6-10(2-3-11(8)14(19)20)18-13-12(15)9(7-16)4-5-17-13/h2-6H,1H3,(H,17,18)(H,19,20). The summed E-state index contributed by atoms with van der Waals surface area (Å²) in [4.78, 5) is 15.0. The highest BCUT2D eigenvalue weighted by molar-refractivity contribution is 6.34. The number of carbonyl (C=O) groups is 1. The maximum atomic E-state index is 10.9. The number of carboxylic acid groups (broad SMARTS) is 1. The summed E-state index contributed by atoms with van der Waals surface area (Å²) in [5, 5.41) is 21.1. The molecule has 1 heterocycles. The van der Waals surface area contributed by atoms with Crippen LogP contribution in [0.3, 0.4) is 0 Å². The van der Waals surface area contributed by atoms with Gasteiger partial charge in [-0.1, -0.05) is 11.6 Å². The molecule has 2 rings (SSSR count). The number of aryl methyl sites for hydroxylation is 1. The third-order valence-electron chi connectivity index (χ3n) is 2.73. The van der Waals surface area contributed by atoms with E-state index in [2.05, 4.69) is 10.3 Å². The molecule has 0 saturated heterocycles. The van der Waals surface area contributed by atoms with Gasteiger partial charge in [-0.3, -0.25) is 0 Å². The monoisotopic (exact) mass is 287 g/mol. The molecule has 0 fully saturated rings. The fourth-order valence-corrected chi connectivity index (χ4v) is 1.94. The zero-order chi connectivity index (χ0) is 14.7. The van der Waals surface area contributed by atoms with Gasteiger partial charge in [-0.2, -0.15) is 5.26 Å². The Bertz CT molecular complexity index is 723. The van der Waals surface area contributed by atoms with Crippen LogP contribution in [0.1, 0.15) is 21.5 Å². The van der Waals surface area contributed by atoms with Gasteiger partial charge in [-0.15, -0.1) is 0 Å². The lowest BCUT2D eigenvalue weighted by molar-refractivity contribution is 0.0696. The van der Waals surface area contributed by atoms with Crippen LogP contribution >= 0.6 is 11.6 Å². The molecule has 0 unspecified atom stereocenters. The van der Waals surface area contributed by atoms with Crippen molar-refractivity contribution >= 4 is 29.1 Å². The Kier molecular flexibility index (Phi) is 3.87. The zero-order valence-corrected chi connectivity index (χ0v) is 11.3. The lowest BCUT2D eigenvalue weighted by Crippen LogP contribution is -2.01. The van der Waals surface area contributed by atoms with Crippen LogP contribution in [0.2, 0.25) is 5.02 Å². The molecule has 0 bridgehead atoms. The molecule has 0 aliphatic carbocycles. The Morgan fingerprint density at radius 3 is 2.80 bits per heavy atom. The summed E-state index contributed by atoms with van der Waals surface area (Å²) in [6, 6.07) is 8.29. The van der Waals surface area contributed by atoms with Crippen LogP contribution in [0.15, 0.2) is 30.5 Å². The molecule has 5 nitrogen and oxygen atoms in total. The smallest absolute Gasteiger partial charge is 0.335 e. The Morgan fingerprint density at radius 2 is 2.20 bits per heavy atom. The number of hydrogen-bond acceptors (Lipinski definition) is 4. The molecular weight excluding hydrogens is 278 g/mol. The number of rotatable bonds is 3. The predicted molar refractivity (Wildman–Crippen MR) is 75.4 cm³/mol. The number of halogens is 1. The van der Waals surface area contributed by atoms with E-state index < -0.39 is 5.97 Å². The number of pyridine rings is 1. The molecule has 1 aromatic carbocycles. The number of nitrogens with zero attached hydrogens (tertiary/aromatic N) is 2. The minimum Gasteiger partial charge on any atom is -0.478 e. The molecule has 20 heavy (non-hydrogen) atoms. The highest BCUT2D eigenvalue weighted by Gasteiger charge is 2.10. The molecule has 0 atom stereocenters. The summed E-state index contributed by atoms with van der Waals surface area (Å²) in [6.07, 6.45) is 1.48. The molecule has 100 valence electrons. The molecule has 6 heteroatoms. The van der Waals surface area contributed by atoms with Gasteiger partial charge >= 0.3 is 5.97 Å². The SMILES string of the molecule is Cc1cc(Nc2nccc(C#N)c2Cl)ccc1C(=O)O. The molecule has 0 amide bonds. The van der Waals surface area contributed by atoms with E-state index in [1.54, 1.807) is 19.1 Å². The van der Waals surface area contributed by atoms with Crippen molar-refractivity contribution in [3.63, 3.8) is 0 Å². The van der Waals surface area contributed by atoms with E-state index in [0.29, 0.717) is 22.6 Å². The van der Waals surface area contributed by atoms with Gasteiger partial charge in [-0.05, 0) is 36.8 Å². The second-order valence-corrected chi connectivity index (χ2v) is 4.47. The topological polar surface area (TPSA) is 86.0 Å². The van der Waals surface area contributed by atoms with E-state index in [1.165, 1.54) is 18.3 Å². The minimum atomic E-state index is -0.975. The van der Waals surface area contributed by atoms with Crippen molar-refractivity contribution in [2.45, 2.75) is 6.92 Å². The van der Waals surface area contributed by atoms with Gasteiger partial charge in [0.1, 0.15) is 11.1 Å². The lowest BCUT2D eigenvalue weighted by Gasteiger charge is -2.09. The molecule has 0 radical (unpaired) electrons. The number of aromatic carboxylic acids is 1. The first-order chi connectivity index (χ1) is 9.52. The predicted octanol–water partition coefficient (Wildman–Crippen LogP) is 3.36. The van der Waals surface area contributed by atoms with Gasteiger partial charge in [-0.25, -0.2) is 9.78 Å². The van der Waals surface area contributed by atoms with Gasteiger partial charge in [0.25, 0.3) is 0 Å². The van der Waals surface area contributed by atoms with E-state index in [0.717, 1.165) is 0 Å². The van der Waals surface area contributed by atoms with Crippen LogP contribution in [0.25, 0.3) is 0 Å². The van der Waals surface area contributed by atoms with Crippen LogP contribution in [-0.4, -0.2) is 16.1 Å². The number of anilines is 2. The van der Waals surface area contributed by atoms with Crippen molar-refractivity contribution in [3.8, 4) is 6.07 Å². The minimum absolute atomic E-state index is 0.231. The van der Waals surface area contributed by atoms with E-state index in [-0.39, 0.29) is 10.6 Å². The number of nitriles is 1. The van der Waals surface area contributed by atoms with Gasteiger partial charge in [0, 0.05) is 11.9 Å². The fraction of sp³-hybridized carbons (Fsp3) is 0.0714. The summed E-state index contributed by atoms with van der Waals surface area (Å²) in [7, 11) is 0. The molecular formula is C14H10ClN3O2. The highest BCUT2D eigenvalue weighted by Crippen LogP contribution is 2.26. The molecule has 2 N–H and O–H groups in total. The van der Waals surface area contributed by atoms with E-state index in [9.17, 15) is 4.79 Å². The maximum Gasteiger partial charge on any atom is 0.335 e. The first kappa shape index (κ1) is 13.8. The van der Waals surface area contributed by atoms with Crippen molar-refractivity contribution in [2.24, 2.45) is 0 Å². The maximum absolute atomic E-state index is 10.9. The van der Waals surface area contributed by atoms with Crippen molar-refractivity contribution in [1.82, 2.24) is 4.98 Å². The van der Waals surface area contributed by atoms with Gasteiger partial charge in [0.05, 0.1) is 11.1 Å². The van der Waals surface area contributed by atoms with Crippen molar-refractivity contribution in [3.05, 3.63) is 52.2 Å². The second-order valence-electron chi connectivity index (χ2n) is 4.09. The van der Waals surface area contributed by atoms with Gasteiger partial charge in [0.2, 0.25) is 0 Å². The Hall–Kier alpha value is -2.58. The van der Waals surface area contributed by atoms with Gasteiger partial charge in [0.15, 0.2) is 5.82 Å². The normalized spacial score (nSPS) is 9.85. The van der Waals surface area contributed by atoms with E-state index in [4.69, 9.17) is 22.0 Å². The summed E-state index contributed by atoms with van der Waals surface area (Å²) >= 11 is 6.04.